The fraction of sp³-hybridized carbons (Fsp3) is 0.0800. The number of fused-ring (bicyclic) bond motifs is 1. The lowest BCUT2D eigenvalue weighted by molar-refractivity contribution is 0.0693. The molecule has 0 aliphatic heterocycles. The first-order valence-corrected chi connectivity index (χ1v) is 11.5. The SMILES string of the molecule is Cc1cc(C)cc(Oc2ccc(NS(=O)(=O)c3cc(C(=O)O)c(O)c4ccccc34)cc2)c1. The maximum atomic E-state index is 13.1. The van der Waals surface area contributed by atoms with Crippen molar-refractivity contribution in [2.45, 2.75) is 18.7 Å². The molecular weight excluding hydrogens is 442 g/mol. The lowest BCUT2D eigenvalue weighted by Crippen LogP contribution is -2.14. The van der Waals surface area contributed by atoms with Crippen molar-refractivity contribution in [2.24, 2.45) is 0 Å². The van der Waals surface area contributed by atoms with Crippen LogP contribution < -0.4 is 9.46 Å². The first-order chi connectivity index (χ1) is 15.6. The fourth-order valence-corrected chi connectivity index (χ4v) is 4.94. The van der Waals surface area contributed by atoms with Crippen LogP contribution in [0.4, 0.5) is 5.69 Å². The van der Waals surface area contributed by atoms with E-state index in [9.17, 15) is 23.4 Å². The van der Waals surface area contributed by atoms with Crippen molar-refractivity contribution in [1.29, 1.82) is 0 Å². The van der Waals surface area contributed by atoms with Gasteiger partial charge in [-0.2, -0.15) is 0 Å². The lowest BCUT2D eigenvalue weighted by Gasteiger charge is -2.14. The maximum Gasteiger partial charge on any atom is 0.339 e. The highest BCUT2D eigenvalue weighted by Crippen LogP contribution is 2.35. The number of anilines is 1. The number of ether oxygens (including phenoxy) is 1. The summed E-state index contributed by atoms with van der Waals surface area (Å²) in [6, 6.07) is 19.3. The second-order valence-electron chi connectivity index (χ2n) is 7.68. The summed E-state index contributed by atoms with van der Waals surface area (Å²) in [6.07, 6.45) is 0. The van der Waals surface area contributed by atoms with Crippen LogP contribution in [0.1, 0.15) is 21.5 Å². The molecule has 0 saturated carbocycles. The maximum absolute atomic E-state index is 13.1. The molecule has 0 aromatic heterocycles. The summed E-state index contributed by atoms with van der Waals surface area (Å²) >= 11 is 0. The summed E-state index contributed by atoms with van der Waals surface area (Å²) in [5.41, 5.74) is 1.91. The number of hydrogen-bond acceptors (Lipinski definition) is 5. The second-order valence-corrected chi connectivity index (χ2v) is 9.33. The van der Waals surface area contributed by atoms with Crippen LogP contribution in [0.2, 0.25) is 0 Å². The molecule has 4 aromatic carbocycles. The molecule has 4 rings (SSSR count). The Morgan fingerprint density at radius 3 is 2.06 bits per heavy atom. The highest BCUT2D eigenvalue weighted by Gasteiger charge is 2.24. The van der Waals surface area contributed by atoms with E-state index in [4.69, 9.17) is 4.74 Å². The number of aryl methyl sites for hydroxylation is 2. The number of carbonyl (C=O) groups is 1. The smallest absolute Gasteiger partial charge is 0.339 e. The fourth-order valence-electron chi connectivity index (χ4n) is 3.64. The third-order valence-corrected chi connectivity index (χ3v) is 6.46. The van der Waals surface area contributed by atoms with Crippen LogP contribution >= 0.6 is 0 Å². The molecule has 0 unspecified atom stereocenters. The molecule has 168 valence electrons. The summed E-state index contributed by atoms with van der Waals surface area (Å²) in [6.45, 7) is 3.95. The van der Waals surface area contributed by atoms with Crippen LogP contribution in [-0.2, 0) is 10.0 Å². The van der Waals surface area contributed by atoms with Gasteiger partial charge in [0.25, 0.3) is 10.0 Å². The van der Waals surface area contributed by atoms with Gasteiger partial charge in [-0.3, -0.25) is 4.72 Å². The molecule has 8 heteroatoms. The summed E-state index contributed by atoms with van der Waals surface area (Å²) in [4.78, 5) is 11.3. The van der Waals surface area contributed by atoms with Gasteiger partial charge in [0.2, 0.25) is 0 Å². The molecule has 0 amide bonds. The molecule has 0 aliphatic carbocycles. The average molecular weight is 464 g/mol. The molecule has 0 spiro atoms. The first-order valence-electron chi connectivity index (χ1n) is 10.0. The van der Waals surface area contributed by atoms with Gasteiger partial charge in [-0.05, 0) is 67.4 Å². The minimum absolute atomic E-state index is 0.134. The molecular formula is C25H21NO6S. The Morgan fingerprint density at radius 2 is 1.45 bits per heavy atom. The highest BCUT2D eigenvalue weighted by atomic mass is 32.2. The van der Waals surface area contributed by atoms with E-state index in [0.717, 1.165) is 17.2 Å². The number of carboxylic acids is 1. The zero-order valence-electron chi connectivity index (χ0n) is 17.9. The van der Waals surface area contributed by atoms with Crippen LogP contribution in [0.3, 0.4) is 0 Å². The van der Waals surface area contributed by atoms with Crippen LogP contribution in [0.15, 0.2) is 77.7 Å². The van der Waals surface area contributed by atoms with E-state index < -0.39 is 27.3 Å². The molecule has 0 heterocycles. The lowest BCUT2D eigenvalue weighted by atomic mass is 10.1. The highest BCUT2D eigenvalue weighted by molar-refractivity contribution is 7.93. The zero-order chi connectivity index (χ0) is 23.8. The Bertz CT molecular complexity index is 1460. The van der Waals surface area contributed by atoms with Gasteiger partial charge in [-0.1, -0.05) is 30.3 Å². The Kier molecular flexibility index (Phi) is 5.69. The van der Waals surface area contributed by atoms with E-state index in [-0.39, 0.29) is 21.4 Å². The van der Waals surface area contributed by atoms with Gasteiger partial charge in [0.05, 0.1) is 4.90 Å². The second kappa shape index (κ2) is 8.48. The van der Waals surface area contributed by atoms with Crippen LogP contribution in [0.5, 0.6) is 17.2 Å². The van der Waals surface area contributed by atoms with Crippen LogP contribution in [0.25, 0.3) is 10.8 Å². The van der Waals surface area contributed by atoms with Crippen molar-refractivity contribution < 1.29 is 28.2 Å². The van der Waals surface area contributed by atoms with Gasteiger partial charge in [-0.25, -0.2) is 13.2 Å². The third kappa shape index (κ3) is 4.61. The summed E-state index contributed by atoms with van der Waals surface area (Å²) in [5, 5.41) is 20.0. The van der Waals surface area contributed by atoms with E-state index >= 15 is 0 Å². The molecule has 0 saturated heterocycles. The van der Waals surface area contributed by atoms with E-state index in [1.165, 1.54) is 12.1 Å². The molecule has 33 heavy (non-hydrogen) atoms. The van der Waals surface area contributed by atoms with Gasteiger partial charge in [0.1, 0.15) is 22.8 Å². The number of carboxylic acid groups (broad SMARTS) is 1. The summed E-state index contributed by atoms with van der Waals surface area (Å²) in [5.74, 6) is -0.698. The minimum atomic E-state index is -4.16. The van der Waals surface area contributed by atoms with Crippen molar-refractivity contribution in [3.05, 3.63) is 89.5 Å². The van der Waals surface area contributed by atoms with Gasteiger partial charge in [-0.15, -0.1) is 0 Å². The van der Waals surface area contributed by atoms with Crippen molar-refractivity contribution in [1.82, 2.24) is 0 Å². The standard InChI is InChI=1S/C25H21NO6S/c1-15-11-16(2)13-19(12-15)32-18-9-7-17(8-10-18)26-33(30,31)23-14-22(25(28)29)24(27)21-6-4-3-5-20(21)23/h3-14,26-27H,1-2H3,(H,28,29). The largest absolute Gasteiger partial charge is 0.506 e. The van der Waals surface area contributed by atoms with Crippen LogP contribution in [0, 0.1) is 13.8 Å². The number of hydrogen-bond donors (Lipinski definition) is 3. The number of sulfonamides is 1. The Hall–Kier alpha value is -4.04. The first kappa shape index (κ1) is 22.2. The van der Waals surface area contributed by atoms with Crippen molar-refractivity contribution >= 4 is 32.5 Å². The third-order valence-electron chi connectivity index (χ3n) is 5.04. The van der Waals surface area contributed by atoms with Gasteiger partial charge >= 0.3 is 5.97 Å². The van der Waals surface area contributed by atoms with Gasteiger partial charge < -0.3 is 14.9 Å². The predicted molar refractivity (Wildman–Crippen MR) is 126 cm³/mol. The molecule has 0 radical (unpaired) electrons. The van der Waals surface area contributed by atoms with Crippen molar-refractivity contribution in [3.8, 4) is 17.2 Å². The number of nitrogens with one attached hydrogen (secondary N) is 1. The Morgan fingerprint density at radius 1 is 0.848 bits per heavy atom. The number of benzene rings is 4. The average Bonchev–Trinajstić information content (AvgIpc) is 2.74. The number of phenols is 1. The van der Waals surface area contributed by atoms with E-state index in [0.29, 0.717) is 11.5 Å². The molecule has 0 atom stereocenters. The Balaban J connectivity index is 1.65. The number of aromatic hydroxyl groups is 1. The van der Waals surface area contributed by atoms with E-state index in [1.54, 1.807) is 36.4 Å². The number of rotatable bonds is 6. The quantitative estimate of drug-likeness (QED) is 0.350. The molecule has 4 aromatic rings. The normalized spacial score (nSPS) is 11.3. The zero-order valence-corrected chi connectivity index (χ0v) is 18.7. The number of aromatic carboxylic acids is 1. The van der Waals surface area contributed by atoms with Crippen molar-refractivity contribution in [2.75, 3.05) is 4.72 Å². The van der Waals surface area contributed by atoms with E-state index in [1.807, 2.05) is 32.0 Å². The molecule has 0 bridgehead atoms. The van der Waals surface area contributed by atoms with Crippen molar-refractivity contribution in [3.63, 3.8) is 0 Å². The predicted octanol–water partition coefficient (Wildman–Crippen LogP) is 5.45. The molecule has 0 aliphatic rings. The molecule has 7 nitrogen and oxygen atoms in total. The minimum Gasteiger partial charge on any atom is -0.506 e. The summed E-state index contributed by atoms with van der Waals surface area (Å²) < 4.78 is 34.6. The van der Waals surface area contributed by atoms with Gasteiger partial charge in [0.15, 0.2) is 0 Å². The monoisotopic (exact) mass is 463 g/mol. The van der Waals surface area contributed by atoms with Gasteiger partial charge in [0, 0.05) is 16.5 Å². The van der Waals surface area contributed by atoms with Crippen LogP contribution in [-0.4, -0.2) is 24.6 Å². The topological polar surface area (TPSA) is 113 Å². The summed E-state index contributed by atoms with van der Waals surface area (Å²) in [7, 11) is -4.16. The molecule has 0 fully saturated rings. The Labute approximate surface area is 190 Å². The molecule has 3 N–H and O–H groups in total. The van der Waals surface area contributed by atoms with E-state index in [2.05, 4.69) is 4.72 Å².